The lowest BCUT2D eigenvalue weighted by atomic mass is 10.0. The maximum absolute atomic E-state index is 10.3. The third kappa shape index (κ3) is 4.23. The summed E-state index contributed by atoms with van der Waals surface area (Å²) in [6, 6.07) is 7.94. The van der Waals surface area contributed by atoms with Gasteiger partial charge in [0.15, 0.2) is 0 Å². The normalized spacial score (nSPS) is 10.8. The number of carboxylic acids is 1. The van der Waals surface area contributed by atoms with Crippen molar-refractivity contribution in [2.45, 2.75) is 13.0 Å². The van der Waals surface area contributed by atoms with Gasteiger partial charge in [0.2, 0.25) is 0 Å². The Morgan fingerprint density at radius 1 is 1.44 bits per heavy atom. The van der Waals surface area contributed by atoms with Gasteiger partial charge < -0.3 is 10.4 Å². The Morgan fingerprint density at radius 2 is 2.12 bits per heavy atom. The number of nitrogens with zero attached hydrogens (tertiary/aromatic N) is 1. The van der Waals surface area contributed by atoms with Gasteiger partial charge >= 0.3 is 5.97 Å². The maximum atomic E-state index is 10.3. The number of rotatable bonds is 6. The molecule has 1 aromatic rings. The van der Waals surface area contributed by atoms with Crippen molar-refractivity contribution in [3.8, 4) is 0 Å². The van der Waals surface area contributed by atoms with Crippen LogP contribution in [0.25, 0.3) is 0 Å². The zero-order valence-electron chi connectivity index (χ0n) is 9.31. The molecule has 4 nitrogen and oxygen atoms in total. The summed E-state index contributed by atoms with van der Waals surface area (Å²) in [4.78, 5) is 14.2. The summed E-state index contributed by atoms with van der Waals surface area (Å²) in [5.41, 5.74) is 2.29. The number of hydrogen-bond donors (Lipinski definition) is 2. The third-order valence-electron chi connectivity index (χ3n) is 2.23. The van der Waals surface area contributed by atoms with E-state index < -0.39 is 5.97 Å². The predicted molar refractivity (Wildman–Crippen MR) is 63.9 cm³/mol. The van der Waals surface area contributed by atoms with Crippen LogP contribution in [0.15, 0.2) is 29.3 Å². The minimum atomic E-state index is -1.01. The van der Waals surface area contributed by atoms with Crippen LogP contribution >= 0.6 is 0 Å². The van der Waals surface area contributed by atoms with E-state index in [-0.39, 0.29) is 0 Å². The molecule has 0 radical (unpaired) electrons. The van der Waals surface area contributed by atoms with Crippen LogP contribution in [0, 0.1) is 0 Å². The zero-order chi connectivity index (χ0) is 11.8. The summed E-state index contributed by atoms with van der Waals surface area (Å²) in [7, 11) is 1.91. The Balaban J connectivity index is 2.66. The predicted octanol–water partition coefficient (Wildman–Crippen LogP) is 1.10. The molecular weight excluding hydrogens is 204 g/mol. The van der Waals surface area contributed by atoms with E-state index in [1.54, 1.807) is 0 Å². The molecule has 2 N–H and O–H groups in total. The van der Waals surface area contributed by atoms with Crippen LogP contribution in [0.5, 0.6) is 0 Å². The number of hydrogen-bond acceptors (Lipinski definition) is 3. The van der Waals surface area contributed by atoms with Crippen molar-refractivity contribution < 1.29 is 9.90 Å². The van der Waals surface area contributed by atoms with Crippen molar-refractivity contribution in [3.63, 3.8) is 0 Å². The van der Waals surface area contributed by atoms with Gasteiger partial charge in [-0.2, -0.15) is 0 Å². The van der Waals surface area contributed by atoms with E-state index in [1.807, 2.05) is 31.3 Å². The highest BCUT2D eigenvalue weighted by Crippen LogP contribution is 2.10. The average Bonchev–Trinajstić information content (AvgIpc) is 2.27. The lowest BCUT2D eigenvalue weighted by molar-refractivity contribution is -0.128. The van der Waals surface area contributed by atoms with E-state index in [0.717, 1.165) is 24.7 Å². The molecule has 0 aliphatic rings. The third-order valence-corrected chi connectivity index (χ3v) is 2.23. The second-order valence-electron chi connectivity index (χ2n) is 3.43. The van der Waals surface area contributed by atoms with Crippen LogP contribution in [0.3, 0.4) is 0 Å². The number of carboxylic acid groups (broad SMARTS) is 1. The molecule has 4 heteroatoms. The first kappa shape index (κ1) is 12.4. The Kier molecular flexibility index (Phi) is 5.22. The molecule has 1 rings (SSSR count). The quantitative estimate of drug-likeness (QED) is 0.706. The fourth-order valence-electron chi connectivity index (χ4n) is 1.44. The Labute approximate surface area is 95.0 Å². The van der Waals surface area contributed by atoms with E-state index in [0.29, 0.717) is 6.54 Å². The van der Waals surface area contributed by atoms with Gasteiger partial charge in [0.25, 0.3) is 0 Å². The van der Waals surface area contributed by atoms with E-state index in [9.17, 15) is 4.79 Å². The highest BCUT2D eigenvalue weighted by molar-refractivity contribution is 6.21. The first-order valence-electron chi connectivity index (χ1n) is 5.18. The van der Waals surface area contributed by atoms with Crippen LogP contribution in [-0.4, -0.2) is 30.9 Å². The summed E-state index contributed by atoms with van der Waals surface area (Å²) < 4.78 is 0. The fraction of sp³-hybridized carbons (Fsp3) is 0.333. The summed E-state index contributed by atoms with van der Waals surface area (Å²) in [6.45, 7) is 1.33. The molecule has 0 bridgehead atoms. The van der Waals surface area contributed by atoms with Gasteiger partial charge in [0.1, 0.15) is 6.21 Å². The number of nitrogens with one attached hydrogen (secondary N) is 1. The maximum Gasteiger partial charge on any atom is 0.346 e. The van der Waals surface area contributed by atoms with E-state index in [2.05, 4.69) is 10.3 Å². The summed E-state index contributed by atoms with van der Waals surface area (Å²) in [5.74, 6) is -1.01. The van der Waals surface area contributed by atoms with Gasteiger partial charge in [-0.25, -0.2) is 4.79 Å². The molecular formula is C12H16N2O2. The summed E-state index contributed by atoms with van der Waals surface area (Å²) in [5, 5.41) is 11.5. The smallest absolute Gasteiger partial charge is 0.346 e. The van der Waals surface area contributed by atoms with Gasteiger partial charge in [-0.15, -0.1) is 0 Å². The highest BCUT2D eigenvalue weighted by Gasteiger charge is 1.99. The number of aliphatic imine (C=N–C) groups is 1. The standard InChI is InChI=1S/C12H16N2O2/c1-13-7-6-10-4-2-3-5-11(10)8-14-9-12(15)16/h2-5,9,13H,6-8H2,1H3,(H,15,16). The Morgan fingerprint density at radius 3 is 2.75 bits per heavy atom. The second-order valence-corrected chi connectivity index (χ2v) is 3.43. The van der Waals surface area contributed by atoms with Crippen molar-refractivity contribution in [1.29, 1.82) is 0 Å². The molecule has 0 saturated carbocycles. The van der Waals surface area contributed by atoms with E-state index >= 15 is 0 Å². The van der Waals surface area contributed by atoms with Crippen molar-refractivity contribution in [2.75, 3.05) is 13.6 Å². The van der Waals surface area contributed by atoms with Crippen LogP contribution < -0.4 is 5.32 Å². The SMILES string of the molecule is CNCCc1ccccc1CN=CC(=O)O. The van der Waals surface area contributed by atoms with Crippen molar-refractivity contribution >= 4 is 12.2 Å². The summed E-state index contributed by atoms with van der Waals surface area (Å²) >= 11 is 0. The Hall–Kier alpha value is -1.68. The lowest BCUT2D eigenvalue weighted by Crippen LogP contribution is -2.11. The molecule has 0 aromatic heterocycles. The number of likely N-dealkylation sites (N-methyl/N-ethyl adjacent to an activating group) is 1. The van der Waals surface area contributed by atoms with E-state index in [4.69, 9.17) is 5.11 Å². The van der Waals surface area contributed by atoms with Gasteiger partial charge in [-0.1, -0.05) is 24.3 Å². The molecule has 0 aliphatic carbocycles. The molecule has 86 valence electrons. The molecule has 16 heavy (non-hydrogen) atoms. The van der Waals surface area contributed by atoms with Gasteiger partial charge in [0.05, 0.1) is 6.54 Å². The topological polar surface area (TPSA) is 61.7 Å². The van der Waals surface area contributed by atoms with E-state index in [1.165, 1.54) is 5.56 Å². The van der Waals surface area contributed by atoms with Crippen LogP contribution in [0.2, 0.25) is 0 Å². The number of carbonyl (C=O) groups is 1. The molecule has 0 unspecified atom stereocenters. The first-order valence-corrected chi connectivity index (χ1v) is 5.18. The monoisotopic (exact) mass is 220 g/mol. The molecule has 0 saturated heterocycles. The van der Waals surface area contributed by atoms with Crippen molar-refractivity contribution in [2.24, 2.45) is 4.99 Å². The molecule has 0 amide bonds. The zero-order valence-corrected chi connectivity index (χ0v) is 9.31. The fourth-order valence-corrected chi connectivity index (χ4v) is 1.44. The second kappa shape index (κ2) is 6.74. The average molecular weight is 220 g/mol. The Bertz CT molecular complexity index is 375. The minimum Gasteiger partial charge on any atom is -0.477 e. The molecule has 0 heterocycles. The number of aliphatic carboxylic acids is 1. The molecule has 0 aliphatic heterocycles. The van der Waals surface area contributed by atoms with Crippen molar-refractivity contribution in [1.82, 2.24) is 5.32 Å². The number of benzene rings is 1. The molecule has 1 aromatic carbocycles. The summed E-state index contributed by atoms with van der Waals surface area (Å²) in [6.07, 6.45) is 1.87. The van der Waals surface area contributed by atoms with Crippen molar-refractivity contribution in [3.05, 3.63) is 35.4 Å². The molecule has 0 fully saturated rings. The largest absolute Gasteiger partial charge is 0.477 e. The minimum absolute atomic E-state index is 0.423. The van der Waals surface area contributed by atoms with Crippen LogP contribution in [0.1, 0.15) is 11.1 Å². The lowest BCUT2D eigenvalue weighted by Gasteiger charge is -2.06. The van der Waals surface area contributed by atoms with Crippen LogP contribution in [0.4, 0.5) is 0 Å². The van der Waals surface area contributed by atoms with Gasteiger partial charge in [-0.05, 0) is 31.1 Å². The molecule has 0 spiro atoms. The van der Waals surface area contributed by atoms with Gasteiger partial charge in [0, 0.05) is 0 Å². The highest BCUT2D eigenvalue weighted by atomic mass is 16.4. The first-order chi connectivity index (χ1) is 7.74. The molecule has 0 atom stereocenters. The van der Waals surface area contributed by atoms with Gasteiger partial charge in [-0.3, -0.25) is 4.99 Å². The van der Waals surface area contributed by atoms with Crippen LogP contribution in [-0.2, 0) is 17.8 Å².